The molecule has 120 heavy (non-hydrogen) atoms. The Morgan fingerprint density at radius 3 is 1.12 bits per heavy atom. The van der Waals surface area contributed by atoms with Crippen molar-refractivity contribution in [1.29, 1.82) is 0 Å². The Morgan fingerprint density at radius 1 is 0.383 bits per heavy atom. The number of carbonyl (C=O) groups excluding carboxylic acids is 6. The van der Waals surface area contributed by atoms with Gasteiger partial charge in [0.25, 0.3) is 0 Å². The fourth-order valence-electron chi connectivity index (χ4n) is 15.1. The number of thioether (sulfide) groups is 3. The van der Waals surface area contributed by atoms with E-state index >= 15 is 9.59 Å². The van der Waals surface area contributed by atoms with Crippen LogP contribution >= 0.6 is 35.3 Å². The molecule has 12 aromatic rings. The molecule has 0 aliphatic heterocycles. The Hall–Kier alpha value is -12.8. The molecule has 0 spiro atoms. The molecule has 3 aliphatic rings. The van der Waals surface area contributed by atoms with Gasteiger partial charge in [0.1, 0.15) is 46.0 Å². The topological polar surface area (TPSA) is 265 Å². The lowest BCUT2D eigenvalue weighted by atomic mass is 9.97. The summed E-state index contributed by atoms with van der Waals surface area (Å²) in [4.78, 5) is 102. The van der Waals surface area contributed by atoms with Crippen molar-refractivity contribution in [1.82, 2.24) is 20.4 Å². The molecule has 0 saturated heterocycles. The number of benzene rings is 9. The number of rotatable bonds is 23. The molecule has 612 valence electrons. The normalized spacial score (nSPS) is 13.2. The summed E-state index contributed by atoms with van der Waals surface area (Å²) in [5, 5.41) is 15.2. The molecule has 3 N–H and O–H groups in total. The van der Waals surface area contributed by atoms with Crippen LogP contribution < -0.4 is 54.7 Å². The Labute approximate surface area is 704 Å². The van der Waals surface area contributed by atoms with E-state index in [1.54, 1.807) is 103 Å². The van der Waals surface area contributed by atoms with Gasteiger partial charge in [-0.2, -0.15) is 0 Å². The van der Waals surface area contributed by atoms with E-state index in [0.717, 1.165) is 83.5 Å². The zero-order valence-electron chi connectivity index (χ0n) is 68.1. The fraction of sp³-hybridized carbons (Fsp3) is 0.232. The van der Waals surface area contributed by atoms with E-state index in [9.17, 15) is 24.0 Å². The molecule has 25 heteroatoms. The minimum absolute atomic E-state index is 0.00324. The van der Waals surface area contributed by atoms with Crippen LogP contribution in [0.25, 0.3) is 99.4 Å². The number of esters is 3. The largest absolute Gasteiger partial charge is 0.493 e. The van der Waals surface area contributed by atoms with Gasteiger partial charge >= 0.3 is 41.8 Å². The van der Waals surface area contributed by atoms with E-state index in [0.29, 0.717) is 16.5 Å². The zero-order valence-corrected chi connectivity index (χ0v) is 70.5. The quantitative estimate of drug-likeness (QED) is 0.0232. The first-order chi connectivity index (χ1) is 57.6. The second-order valence-corrected chi connectivity index (χ2v) is 34.2. The predicted molar refractivity (Wildman–Crippen MR) is 471 cm³/mol. The maximum Gasteiger partial charge on any atom is 0.408 e. The number of methoxy groups -OCH3 is 4. The third-order valence-corrected chi connectivity index (χ3v) is 22.8. The minimum atomic E-state index is -1.36. The number of alkyl carbamates (subject to hydrolysis) is 3. The van der Waals surface area contributed by atoms with Crippen LogP contribution in [0.2, 0.25) is 0 Å². The Balaban J connectivity index is 0.846. The van der Waals surface area contributed by atoms with Crippen LogP contribution in [0.1, 0.15) is 95.7 Å². The summed E-state index contributed by atoms with van der Waals surface area (Å²) in [5.74, 6) is -3.05. The SMILES string of the molecule is COc1cc(-c2c3c4cc(OC)c(OC(=O)[C@H](CSC=C5c6ccccc6-c6ccccc65)NC(=O)OC(C)(C)C)cc4oc(=O)c3n3ccc4c(OC(=O)[C@H](CSC=C5c6ccccc6-c6ccccc65)NC(=O)OC(C)(C)C)c(OC)c(OC)cc4c23)ccc1OC(=O)[C@H](CSC=C1c2ccccc2-c2ccccc21)NC(=O)OC(C)(C)C. The molecular formula is C95H86N4O18S3. The van der Waals surface area contributed by atoms with Crippen molar-refractivity contribution < 1.29 is 80.6 Å². The van der Waals surface area contributed by atoms with E-state index in [1.165, 1.54) is 75.9 Å². The molecule has 3 aromatic heterocycles. The standard InChI is InChI=1S/C95H86N4O18S3/c1-93(2,3)115-90(104)96-71(49-118-46-68-59-32-20-14-26-53(59)54-27-15-21-33-60(54)68)86(100)111-74-39-38-52(42-76(74)107-10)80-81-67-44-77(108-11)78(113-87(101)72(97-91(105)116-94(4,5)6)50-119-47-69-61-34-22-16-28-55(61)56-29-17-23-35-62(56)69)45-75(67)112-89(103)83(81)99-41-40-65-66(82(80)99)43-79(109-12)85(110-13)84(65)114-88(102)73(98-92(106)117-95(7,8)9)51-120-48-70-63-36-24-18-30-57(63)58-31-19-25-37-64(58)70/h14-48,71-73H,49-51H2,1-13H3,(H,96,104)(H,97,105)(H,98,106)/t71-,72-,73-/m0/s1. The van der Waals surface area contributed by atoms with Crippen LogP contribution in [0.3, 0.4) is 0 Å². The van der Waals surface area contributed by atoms with Gasteiger partial charge in [0.15, 0.2) is 34.5 Å². The number of carbonyl (C=O) groups is 6. The highest BCUT2D eigenvalue weighted by Crippen LogP contribution is 2.53. The number of nitrogens with zero attached hydrogens (tertiary/aromatic N) is 1. The third kappa shape index (κ3) is 16.9. The second kappa shape index (κ2) is 33.9. The van der Waals surface area contributed by atoms with E-state index in [1.807, 2.05) is 125 Å². The lowest BCUT2D eigenvalue weighted by Crippen LogP contribution is -2.46. The van der Waals surface area contributed by atoms with Gasteiger partial charge in [-0.1, -0.05) is 152 Å². The number of amides is 3. The number of aromatic nitrogens is 1. The molecule has 3 amide bonds. The first kappa shape index (κ1) is 82.3. The monoisotopic (exact) mass is 1670 g/mol. The number of hydrogen-bond acceptors (Lipinski definition) is 21. The average Bonchev–Trinajstić information content (AvgIpc) is 1.54. The van der Waals surface area contributed by atoms with Crippen LogP contribution in [0, 0.1) is 0 Å². The summed E-state index contributed by atoms with van der Waals surface area (Å²) < 4.78 is 68.6. The fourth-order valence-corrected chi connectivity index (χ4v) is 17.8. The predicted octanol–water partition coefficient (Wildman–Crippen LogP) is 19.9. The molecule has 0 saturated carbocycles. The third-order valence-electron chi connectivity index (χ3n) is 20.0. The first-order valence-corrected chi connectivity index (χ1v) is 41.8. The number of hydrogen-bond donors (Lipinski definition) is 3. The molecule has 9 aromatic carbocycles. The minimum Gasteiger partial charge on any atom is -0.493 e. The second-order valence-electron chi connectivity index (χ2n) is 31.5. The average molecular weight is 1670 g/mol. The number of pyridine rings is 1. The highest BCUT2D eigenvalue weighted by Gasteiger charge is 2.36. The summed E-state index contributed by atoms with van der Waals surface area (Å²) >= 11 is 3.89. The summed E-state index contributed by atoms with van der Waals surface area (Å²) in [5.41, 5.74) is 12.4. The molecule has 15 rings (SSSR count). The van der Waals surface area contributed by atoms with E-state index < -0.39 is 76.7 Å². The molecular weight excluding hydrogens is 1580 g/mol. The lowest BCUT2D eigenvalue weighted by Gasteiger charge is -2.23. The highest BCUT2D eigenvalue weighted by atomic mass is 32.2. The molecule has 3 aliphatic carbocycles. The highest BCUT2D eigenvalue weighted by molar-refractivity contribution is 8.02. The summed E-state index contributed by atoms with van der Waals surface area (Å²) in [6, 6.07) is 55.2. The Morgan fingerprint density at radius 2 is 0.742 bits per heavy atom. The first-order valence-electron chi connectivity index (χ1n) is 38.6. The Bertz CT molecular complexity index is 6180. The molecule has 0 radical (unpaired) electrons. The van der Waals surface area contributed by atoms with Gasteiger partial charge in [-0.15, -0.1) is 35.3 Å². The number of ether oxygens (including phenoxy) is 10. The van der Waals surface area contributed by atoms with Crippen LogP contribution in [-0.4, -0.2) is 121 Å². The smallest absolute Gasteiger partial charge is 0.408 e. The van der Waals surface area contributed by atoms with Gasteiger partial charge in [0, 0.05) is 56.6 Å². The van der Waals surface area contributed by atoms with Crippen molar-refractivity contribution in [2.45, 2.75) is 97.2 Å². The van der Waals surface area contributed by atoms with Crippen LogP contribution in [0.5, 0.6) is 40.2 Å². The van der Waals surface area contributed by atoms with Crippen molar-refractivity contribution >= 4 is 126 Å². The van der Waals surface area contributed by atoms with Crippen molar-refractivity contribution in [2.24, 2.45) is 0 Å². The molecule has 0 fully saturated rings. The molecule has 0 unspecified atom stereocenters. The maximum atomic E-state index is 15.5. The van der Waals surface area contributed by atoms with Crippen LogP contribution in [0.15, 0.2) is 220 Å². The number of fused-ring (bicyclic) bond motifs is 16. The molecule has 3 heterocycles. The zero-order chi connectivity index (χ0) is 84.6. The molecule has 3 atom stereocenters. The van der Waals surface area contributed by atoms with Gasteiger partial charge < -0.3 is 72.1 Å². The summed E-state index contributed by atoms with van der Waals surface area (Å²) in [7, 11) is 5.55. The van der Waals surface area contributed by atoms with Gasteiger partial charge in [-0.05, 0) is 198 Å². The van der Waals surface area contributed by atoms with E-state index in [2.05, 4.69) is 52.3 Å². The van der Waals surface area contributed by atoms with E-state index in [-0.39, 0.29) is 90.3 Å². The van der Waals surface area contributed by atoms with Crippen LogP contribution in [0.4, 0.5) is 14.4 Å². The van der Waals surface area contributed by atoms with Gasteiger partial charge in [-0.25, -0.2) is 33.6 Å². The lowest BCUT2D eigenvalue weighted by molar-refractivity contribution is -0.137. The van der Waals surface area contributed by atoms with Crippen molar-refractivity contribution in [3.8, 4) is 84.8 Å². The van der Waals surface area contributed by atoms with Gasteiger partial charge in [-0.3, -0.25) is 0 Å². The van der Waals surface area contributed by atoms with Gasteiger partial charge in [0.2, 0.25) is 5.75 Å². The van der Waals surface area contributed by atoms with Crippen molar-refractivity contribution in [2.75, 3.05) is 45.7 Å². The molecule has 22 nitrogen and oxygen atoms in total. The number of nitrogens with one attached hydrogen (secondary N) is 3. The van der Waals surface area contributed by atoms with Gasteiger partial charge in [0.05, 0.1) is 34.0 Å². The van der Waals surface area contributed by atoms with Crippen molar-refractivity contribution in [3.05, 3.63) is 254 Å². The molecule has 0 bridgehead atoms. The van der Waals surface area contributed by atoms with E-state index in [4.69, 9.17) is 51.8 Å². The Kier molecular flexibility index (Phi) is 23.2. The summed E-state index contributed by atoms with van der Waals surface area (Å²) in [6.07, 6.45) is -1.02. The van der Waals surface area contributed by atoms with Crippen molar-refractivity contribution in [3.63, 3.8) is 0 Å². The maximum absolute atomic E-state index is 15.5. The summed E-state index contributed by atoms with van der Waals surface area (Å²) in [6.45, 7) is 15.4. The van der Waals surface area contributed by atoms with Crippen LogP contribution in [-0.2, 0) is 28.6 Å².